The maximum Gasteiger partial charge on any atom is 0.306 e. The minimum absolute atomic E-state index is 0.0423. The zero-order valence-corrected chi connectivity index (χ0v) is 52.2. The lowest BCUT2D eigenvalue weighted by Gasteiger charge is -2.30. The summed E-state index contributed by atoms with van der Waals surface area (Å²) >= 11 is 0. The molecule has 79 heavy (non-hydrogen) atoms. The molecular weight excluding hydrogens is 1000 g/mol. The summed E-state index contributed by atoms with van der Waals surface area (Å²) in [5.74, 6) is -0.634. The Labute approximate surface area is 485 Å². The highest BCUT2D eigenvalue weighted by atomic mass is 31.2. The number of carbonyl (C=O) groups excluding carboxylic acids is 2. The first-order valence-corrected chi connectivity index (χ1v) is 33.0. The normalized spacial score (nSPS) is 14.6. The monoisotopic (exact) mass is 1120 g/mol. The number of phosphoric acid groups is 1. The lowest BCUT2D eigenvalue weighted by molar-refractivity contribution is -0.870. The van der Waals surface area contributed by atoms with Gasteiger partial charge in [0.15, 0.2) is 0 Å². The number of likely N-dealkylation sites (N-methyl/N-ethyl adjacent to an activating group) is 1. The van der Waals surface area contributed by atoms with Gasteiger partial charge < -0.3 is 28.5 Å². The first-order valence-electron chi connectivity index (χ1n) is 31.5. The molecule has 0 saturated heterocycles. The average molecular weight is 1120 g/mol. The van der Waals surface area contributed by atoms with Gasteiger partial charge >= 0.3 is 5.97 Å². The van der Waals surface area contributed by atoms with E-state index in [-0.39, 0.29) is 31.3 Å². The lowest BCUT2D eigenvalue weighted by Crippen LogP contribution is -2.47. The number of unbranched alkanes of at least 4 members (excludes halogenated alkanes) is 19. The number of esters is 1. The standard InChI is InChI=1S/C69H117N2O7P/c1-7-10-13-16-19-22-25-27-29-31-32-33-34-35-36-37-38-40-42-44-47-50-53-56-59-62-69(73)78-67(60-57-54-51-48-45-24-21-18-15-12-9-3)66(65-77-79(74,75)76-64-63-71(4,5)6)70-68(72)61-58-55-52-49-46-43-41-39-30-28-26-23-20-17-14-11-8-2/h10,13,19-20,22-23,27-30,32-33,35-36,38,40-41,43,49,52,57,60,66-67H,7-9,11-12,14-18,21,24-26,31,34,37,39,42,44-48,50-51,53-56,58-59,61-65H2,1-6H3,(H-,70,72,74,75)/b13-10-,22-19-,23-20-,29-27-,30-28-,33-32-,36-35-,40-38-,43-41-,52-49-,60-57-. The second-order valence-electron chi connectivity index (χ2n) is 21.8. The van der Waals surface area contributed by atoms with E-state index in [1.54, 1.807) is 6.08 Å². The third-order valence-electron chi connectivity index (χ3n) is 13.1. The Kier molecular flexibility index (Phi) is 54.6. The fourth-order valence-corrected chi connectivity index (χ4v) is 8.94. The molecule has 0 saturated carbocycles. The molecule has 0 heterocycles. The van der Waals surface area contributed by atoms with E-state index in [0.717, 1.165) is 122 Å². The third-order valence-corrected chi connectivity index (χ3v) is 14.0. The Balaban J connectivity index is 5.28. The molecule has 450 valence electrons. The first kappa shape index (κ1) is 75.2. The molecular formula is C69H117N2O7P. The predicted molar refractivity (Wildman–Crippen MR) is 339 cm³/mol. The molecule has 9 nitrogen and oxygen atoms in total. The predicted octanol–water partition coefficient (Wildman–Crippen LogP) is 19.0. The highest BCUT2D eigenvalue weighted by molar-refractivity contribution is 7.45. The number of phosphoric ester groups is 1. The Morgan fingerprint density at radius 2 is 0.823 bits per heavy atom. The van der Waals surface area contributed by atoms with Gasteiger partial charge in [-0.15, -0.1) is 0 Å². The number of nitrogens with one attached hydrogen (secondary N) is 1. The second-order valence-corrected chi connectivity index (χ2v) is 23.2. The molecule has 0 spiro atoms. The molecule has 3 atom stereocenters. The Hall–Kier alpha value is -3.85. The molecule has 3 unspecified atom stereocenters. The maximum absolute atomic E-state index is 13.5. The van der Waals surface area contributed by atoms with Gasteiger partial charge in [0.2, 0.25) is 5.91 Å². The van der Waals surface area contributed by atoms with Crippen molar-refractivity contribution in [2.75, 3.05) is 40.9 Å². The van der Waals surface area contributed by atoms with E-state index in [1.807, 2.05) is 27.2 Å². The molecule has 0 aromatic carbocycles. The molecule has 0 aliphatic carbocycles. The van der Waals surface area contributed by atoms with E-state index in [1.165, 1.54) is 70.6 Å². The van der Waals surface area contributed by atoms with Gasteiger partial charge in [0, 0.05) is 12.8 Å². The van der Waals surface area contributed by atoms with E-state index in [4.69, 9.17) is 13.8 Å². The molecule has 0 aliphatic rings. The van der Waals surface area contributed by atoms with Crippen LogP contribution in [0.15, 0.2) is 134 Å². The van der Waals surface area contributed by atoms with E-state index in [9.17, 15) is 19.0 Å². The van der Waals surface area contributed by atoms with Crippen molar-refractivity contribution in [3.05, 3.63) is 134 Å². The van der Waals surface area contributed by atoms with Crippen LogP contribution < -0.4 is 10.2 Å². The summed E-state index contributed by atoms with van der Waals surface area (Å²) < 4.78 is 30.2. The fraction of sp³-hybridized carbons (Fsp3) is 0.652. The van der Waals surface area contributed by atoms with Crippen LogP contribution in [-0.4, -0.2) is 69.4 Å². The topological polar surface area (TPSA) is 114 Å². The van der Waals surface area contributed by atoms with Gasteiger partial charge in [0.05, 0.1) is 33.8 Å². The van der Waals surface area contributed by atoms with Gasteiger partial charge in [-0.05, 0) is 122 Å². The molecule has 0 bridgehead atoms. The molecule has 0 rings (SSSR count). The summed E-state index contributed by atoms with van der Waals surface area (Å²) in [4.78, 5) is 40.0. The number of amides is 1. The van der Waals surface area contributed by atoms with Crippen LogP contribution in [0.3, 0.4) is 0 Å². The molecule has 0 aromatic rings. The number of rotatable bonds is 55. The van der Waals surface area contributed by atoms with Crippen molar-refractivity contribution in [3.63, 3.8) is 0 Å². The first-order chi connectivity index (χ1) is 38.4. The zero-order chi connectivity index (χ0) is 57.9. The van der Waals surface area contributed by atoms with Crippen molar-refractivity contribution in [2.45, 2.75) is 251 Å². The highest BCUT2D eigenvalue weighted by Gasteiger charge is 2.27. The van der Waals surface area contributed by atoms with Crippen molar-refractivity contribution in [1.82, 2.24) is 5.32 Å². The van der Waals surface area contributed by atoms with Crippen molar-refractivity contribution >= 4 is 19.7 Å². The minimum Gasteiger partial charge on any atom is -0.756 e. The molecule has 0 aromatic heterocycles. The number of nitrogens with zero attached hydrogens (tertiary/aromatic N) is 1. The van der Waals surface area contributed by atoms with Gasteiger partial charge in [-0.1, -0.05) is 238 Å². The summed E-state index contributed by atoms with van der Waals surface area (Å²) in [6.45, 7) is 6.62. The van der Waals surface area contributed by atoms with Crippen LogP contribution in [-0.2, 0) is 27.9 Å². The summed E-state index contributed by atoms with van der Waals surface area (Å²) in [6.07, 6.45) is 81.4. The van der Waals surface area contributed by atoms with Gasteiger partial charge in [-0.25, -0.2) is 0 Å². The molecule has 1 N–H and O–H groups in total. The fourth-order valence-electron chi connectivity index (χ4n) is 8.22. The number of quaternary nitrogens is 1. The molecule has 0 fully saturated rings. The Bertz CT molecular complexity index is 1810. The van der Waals surface area contributed by atoms with Crippen molar-refractivity contribution < 1.29 is 37.3 Å². The Morgan fingerprint density at radius 3 is 1.27 bits per heavy atom. The van der Waals surface area contributed by atoms with Crippen LogP contribution >= 0.6 is 7.82 Å². The zero-order valence-electron chi connectivity index (χ0n) is 51.3. The van der Waals surface area contributed by atoms with Crippen LogP contribution in [0, 0.1) is 0 Å². The smallest absolute Gasteiger partial charge is 0.306 e. The Morgan fingerprint density at radius 1 is 0.456 bits per heavy atom. The van der Waals surface area contributed by atoms with Crippen LogP contribution in [0.5, 0.6) is 0 Å². The quantitative estimate of drug-likeness (QED) is 0.0212. The summed E-state index contributed by atoms with van der Waals surface area (Å²) in [5.41, 5.74) is 0. The maximum atomic E-state index is 13.5. The highest BCUT2D eigenvalue weighted by Crippen LogP contribution is 2.38. The SMILES string of the molecule is CC/C=C\C/C=C\C/C=C\C/C=C\C/C=C\C/C=C\CCCCCCCCC(=O)OC(/C=C\CCCCCCCCCCC)C(COP(=O)([O-])OCC[N+](C)(C)C)NC(=O)CCC/C=C\C/C=C\C/C=C\C/C=C\CCCCC. The van der Waals surface area contributed by atoms with Crippen molar-refractivity contribution in [2.24, 2.45) is 0 Å². The van der Waals surface area contributed by atoms with Gasteiger partial charge in [0.25, 0.3) is 7.82 Å². The molecule has 0 radical (unpaired) electrons. The van der Waals surface area contributed by atoms with E-state index < -0.39 is 26.6 Å². The largest absolute Gasteiger partial charge is 0.756 e. The molecule has 0 aliphatic heterocycles. The van der Waals surface area contributed by atoms with Crippen molar-refractivity contribution in [3.8, 4) is 0 Å². The van der Waals surface area contributed by atoms with E-state index in [0.29, 0.717) is 23.9 Å². The van der Waals surface area contributed by atoms with Crippen molar-refractivity contribution in [1.29, 1.82) is 0 Å². The van der Waals surface area contributed by atoms with Gasteiger partial charge in [-0.3, -0.25) is 14.2 Å². The third kappa shape index (κ3) is 58.6. The molecule has 10 heteroatoms. The van der Waals surface area contributed by atoms with Crippen LogP contribution in [0.4, 0.5) is 0 Å². The summed E-state index contributed by atoms with van der Waals surface area (Å²) in [6, 6.07) is -0.933. The number of hydrogen-bond acceptors (Lipinski definition) is 7. The van der Waals surface area contributed by atoms with Crippen LogP contribution in [0.1, 0.15) is 239 Å². The summed E-state index contributed by atoms with van der Waals surface area (Å²) in [5, 5.41) is 2.98. The van der Waals surface area contributed by atoms with Gasteiger partial charge in [-0.2, -0.15) is 0 Å². The summed E-state index contributed by atoms with van der Waals surface area (Å²) in [7, 11) is 1.12. The number of carbonyl (C=O) groups is 2. The minimum atomic E-state index is -4.73. The molecule has 1 amide bonds. The van der Waals surface area contributed by atoms with Gasteiger partial charge in [0.1, 0.15) is 19.3 Å². The van der Waals surface area contributed by atoms with Crippen LogP contribution in [0.25, 0.3) is 0 Å². The van der Waals surface area contributed by atoms with E-state index >= 15 is 0 Å². The average Bonchev–Trinajstić information content (AvgIpc) is 3.41. The van der Waals surface area contributed by atoms with Crippen LogP contribution in [0.2, 0.25) is 0 Å². The number of allylic oxidation sites excluding steroid dienone is 21. The second kappa shape index (κ2) is 57.4. The number of ether oxygens (including phenoxy) is 1. The lowest BCUT2D eigenvalue weighted by atomic mass is 10.1. The number of hydrogen-bond donors (Lipinski definition) is 1. The van der Waals surface area contributed by atoms with E-state index in [2.05, 4.69) is 148 Å².